The van der Waals surface area contributed by atoms with E-state index in [0.717, 1.165) is 29.1 Å². The van der Waals surface area contributed by atoms with E-state index < -0.39 is 18.8 Å². The second-order valence-corrected chi connectivity index (χ2v) is 7.15. The number of aromatic amines is 1. The standard InChI is InChI=1S/C20H19F3N4O2/c1-11(17-8-26-18(9-25-17)29-10-20(21,22)23)27-19(28)15-7-14(15)12-3-2-4-16-13(12)5-6-24-16/h2-6,8-9,11,14-15,24H,7,10H2,1H3,(H,27,28)/t11?,14-,15+/m1/s1. The molecule has 1 saturated carbocycles. The third-order valence-electron chi connectivity index (χ3n) is 4.99. The lowest BCUT2D eigenvalue weighted by Gasteiger charge is -2.14. The zero-order valence-electron chi connectivity index (χ0n) is 15.5. The molecule has 29 heavy (non-hydrogen) atoms. The van der Waals surface area contributed by atoms with Crippen molar-refractivity contribution in [1.82, 2.24) is 20.3 Å². The van der Waals surface area contributed by atoms with Crippen LogP contribution in [0.5, 0.6) is 5.88 Å². The number of carbonyl (C=O) groups is 1. The quantitative estimate of drug-likeness (QED) is 0.654. The van der Waals surface area contributed by atoms with Gasteiger partial charge >= 0.3 is 6.18 Å². The fourth-order valence-electron chi connectivity index (χ4n) is 3.44. The maximum Gasteiger partial charge on any atom is 0.422 e. The summed E-state index contributed by atoms with van der Waals surface area (Å²) in [6.45, 7) is 0.326. The van der Waals surface area contributed by atoms with Gasteiger partial charge in [-0.3, -0.25) is 9.78 Å². The van der Waals surface area contributed by atoms with Gasteiger partial charge in [0.05, 0.1) is 24.1 Å². The number of fused-ring (bicyclic) bond motifs is 1. The van der Waals surface area contributed by atoms with E-state index in [0.29, 0.717) is 5.69 Å². The molecule has 3 aromatic rings. The maximum atomic E-state index is 12.6. The molecule has 4 rings (SSSR count). The van der Waals surface area contributed by atoms with Crippen LogP contribution in [0.25, 0.3) is 10.9 Å². The van der Waals surface area contributed by atoms with Gasteiger partial charge in [0, 0.05) is 23.0 Å². The average molecular weight is 404 g/mol. The molecule has 2 heterocycles. The molecule has 1 unspecified atom stereocenters. The fraction of sp³-hybridized carbons (Fsp3) is 0.350. The van der Waals surface area contributed by atoms with Crippen molar-refractivity contribution >= 4 is 16.8 Å². The number of halogens is 3. The van der Waals surface area contributed by atoms with Gasteiger partial charge in [0.15, 0.2) is 6.61 Å². The van der Waals surface area contributed by atoms with Crippen LogP contribution in [0.15, 0.2) is 42.9 Å². The highest BCUT2D eigenvalue weighted by molar-refractivity contribution is 5.88. The molecule has 0 radical (unpaired) electrons. The van der Waals surface area contributed by atoms with Crippen molar-refractivity contribution in [2.75, 3.05) is 6.61 Å². The van der Waals surface area contributed by atoms with E-state index in [4.69, 9.17) is 0 Å². The molecular formula is C20H19F3N4O2. The number of alkyl halides is 3. The van der Waals surface area contributed by atoms with E-state index in [1.165, 1.54) is 6.20 Å². The number of benzene rings is 1. The van der Waals surface area contributed by atoms with Gasteiger partial charge in [0.2, 0.25) is 11.8 Å². The van der Waals surface area contributed by atoms with Gasteiger partial charge in [0.25, 0.3) is 0 Å². The molecule has 9 heteroatoms. The zero-order valence-corrected chi connectivity index (χ0v) is 15.5. The number of carbonyl (C=O) groups excluding carboxylic acids is 1. The smallest absolute Gasteiger partial charge is 0.422 e. The normalized spacial score (nSPS) is 19.7. The van der Waals surface area contributed by atoms with Gasteiger partial charge in [-0.2, -0.15) is 13.2 Å². The largest absolute Gasteiger partial charge is 0.467 e. The van der Waals surface area contributed by atoms with Crippen molar-refractivity contribution in [3.63, 3.8) is 0 Å². The van der Waals surface area contributed by atoms with Gasteiger partial charge in [-0.1, -0.05) is 12.1 Å². The first-order valence-corrected chi connectivity index (χ1v) is 9.19. The van der Waals surface area contributed by atoms with E-state index >= 15 is 0 Å². The van der Waals surface area contributed by atoms with Gasteiger partial charge in [-0.25, -0.2) is 4.98 Å². The topological polar surface area (TPSA) is 79.9 Å². The first-order valence-electron chi connectivity index (χ1n) is 9.19. The van der Waals surface area contributed by atoms with Crippen LogP contribution in [-0.4, -0.2) is 33.6 Å². The second kappa shape index (κ2) is 7.38. The first kappa shape index (κ1) is 19.2. The van der Waals surface area contributed by atoms with Gasteiger partial charge in [-0.15, -0.1) is 0 Å². The van der Waals surface area contributed by atoms with Crippen LogP contribution in [0.3, 0.4) is 0 Å². The van der Waals surface area contributed by atoms with Crippen molar-refractivity contribution in [2.45, 2.75) is 31.5 Å². The fourth-order valence-corrected chi connectivity index (χ4v) is 3.44. The summed E-state index contributed by atoms with van der Waals surface area (Å²) in [5.74, 6) is -0.230. The summed E-state index contributed by atoms with van der Waals surface area (Å²) in [5.41, 5.74) is 2.65. The van der Waals surface area contributed by atoms with Crippen molar-refractivity contribution in [3.8, 4) is 5.88 Å². The molecule has 3 atom stereocenters. The van der Waals surface area contributed by atoms with E-state index in [1.807, 2.05) is 30.5 Å². The summed E-state index contributed by atoms with van der Waals surface area (Å²) in [7, 11) is 0. The molecule has 0 bridgehead atoms. The first-order chi connectivity index (χ1) is 13.8. The SMILES string of the molecule is CC(NC(=O)[C@H]1C[C@@H]1c1cccc2[nH]ccc12)c1cnc(OCC(F)(F)F)cn1. The predicted molar refractivity (Wildman–Crippen MR) is 99.3 cm³/mol. The van der Waals surface area contributed by atoms with Crippen LogP contribution in [0.4, 0.5) is 13.2 Å². The lowest BCUT2D eigenvalue weighted by molar-refractivity contribution is -0.154. The molecule has 1 aromatic carbocycles. The van der Waals surface area contributed by atoms with Crippen LogP contribution >= 0.6 is 0 Å². The number of rotatable bonds is 6. The molecule has 152 valence electrons. The monoisotopic (exact) mass is 404 g/mol. The highest BCUT2D eigenvalue weighted by Gasteiger charge is 2.45. The number of hydrogen-bond donors (Lipinski definition) is 2. The summed E-state index contributed by atoms with van der Waals surface area (Å²) in [5, 5.41) is 4.03. The number of H-pyrrole nitrogens is 1. The third kappa shape index (κ3) is 4.33. The van der Waals surface area contributed by atoms with E-state index in [9.17, 15) is 18.0 Å². The Morgan fingerprint density at radius 2 is 2.14 bits per heavy atom. The molecule has 1 aliphatic carbocycles. The summed E-state index contributed by atoms with van der Waals surface area (Å²) in [4.78, 5) is 23.7. The summed E-state index contributed by atoms with van der Waals surface area (Å²) >= 11 is 0. The summed E-state index contributed by atoms with van der Waals surface area (Å²) in [6, 6.07) is 7.61. The average Bonchev–Trinajstić information content (AvgIpc) is 3.34. The Kier molecular flexibility index (Phi) is 4.89. The molecule has 2 aromatic heterocycles. The summed E-state index contributed by atoms with van der Waals surface area (Å²) < 4.78 is 41.1. The van der Waals surface area contributed by atoms with Crippen LogP contribution in [0.1, 0.15) is 36.6 Å². The Balaban J connectivity index is 1.35. The lowest BCUT2D eigenvalue weighted by atomic mass is 10.0. The molecule has 1 fully saturated rings. The Hall–Kier alpha value is -3.10. The second-order valence-electron chi connectivity index (χ2n) is 7.15. The van der Waals surface area contributed by atoms with Crippen LogP contribution < -0.4 is 10.1 Å². The number of ether oxygens (including phenoxy) is 1. The van der Waals surface area contributed by atoms with Gasteiger partial charge < -0.3 is 15.0 Å². The van der Waals surface area contributed by atoms with E-state index in [2.05, 4.69) is 25.0 Å². The van der Waals surface area contributed by atoms with Crippen molar-refractivity contribution < 1.29 is 22.7 Å². The number of aromatic nitrogens is 3. The predicted octanol–water partition coefficient (Wildman–Crippen LogP) is 3.88. The third-order valence-corrected chi connectivity index (χ3v) is 4.99. The van der Waals surface area contributed by atoms with Gasteiger partial charge in [-0.05, 0) is 37.0 Å². The Bertz CT molecular complexity index is 1020. The molecule has 0 aliphatic heterocycles. The number of amides is 1. The Labute approximate surface area is 164 Å². The summed E-state index contributed by atoms with van der Waals surface area (Å²) in [6.07, 6.45) is 0.651. The van der Waals surface area contributed by atoms with Gasteiger partial charge in [0.1, 0.15) is 0 Å². The lowest BCUT2D eigenvalue weighted by Crippen LogP contribution is -2.29. The number of nitrogens with one attached hydrogen (secondary N) is 2. The van der Waals surface area contributed by atoms with Crippen molar-refractivity contribution in [3.05, 3.63) is 54.1 Å². The highest BCUT2D eigenvalue weighted by atomic mass is 19.4. The minimum absolute atomic E-state index is 0.0748. The highest BCUT2D eigenvalue weighted by Crippen LogP contribution is 2.49. The molecule has 6 nitrogen and oxygen atoms in total. The number of hydrogen-bond acceptors (Lipinski definition) is 4. The minimum Gasteiger partial charge on any atom is -0.467 e. The molecule has 1 aliphatic rings. The minimum atomic E-state index is -4.44. The number of nitrogens with zero attached hydrogens (tertiary/aromatic N) is 2. The molecule has 0 spiro atoms. The van der Waals surface area contributed by atoms with Crippen LogP contribution in [-0.2, 0) is 4.79 Å². The Morgan fingerprint density at radius 3 is 2.86 bits per heavy atom. The van der Waals surface area contributed by atoms with Crippen molar-refractivity contribution in [1.29, 1.82) is 0 Å². The van der Waals surface area contributed by atoms with Crippen molar-refractivity contribution in [2.24, 2.45) is 5.92 Å². The maximum absolute atomic E-state index is 12.6. The Morgan fingerprint density at radius 1 is 1.31 bits per heavy atom. The van der Waals surface area contributed by atoms with Crippen LogP contribution in [0.2, 0.25) is 0 Å². The molecule has 0 saturated heterocycles. The van der Waals surface area contributed by atoms with E-state index in [1.54, 1.807) is 6.92 Å². The zero-order chi connectivity index (χ0) is 20.6. The van der Waals surface area contributed by atoms with E-state index in [-0.39, 0.29) is 23.6 Å². The van der Waals surface area contributed by atoms with Crippen LogP contribution in [0, 0.1) is 5.92 Å². The molecule has 2 N–H and O–H groups in total. The molecule has 1 amide bonds. The molecular weight excluding hydrogens is 385 g/mol.